The third-order valence-corrected chi connectivity index (χ3v) is 7.45. The van der Waals surface area contributed by atoms with Crippen molar-refractivity contribution in [3.63, 3.8) is 0 Å². The molecule has 1 aliphatic carbocycles. The van der Waals surface area contributed by atoms with E-state index in [9.17, 15) is 8.42 Å². The highest BCUT2D eigenvalue weighted by molar-refractivity contribution is 7.87. The Balaban J connectivity index is 1.58. The molecule has 1 fully saturated rings. The summed E-state index contributed by atoms with van der Waals surface area (Å²) in [7, 11) is -0.988. The van der Waals surface area contributed by atoms with E-state index in [0.717, 1.165) is 44.3 Å². The average Bonchev–Trinajstić information content (AvgIpc) is 3.25. The van der Waals surface area contributed by atoms with Gasteiger partial charge >= 0.3 is 16.1 Å². The Morgan fingerprint density at radius 1 is 1.15 bits per heavy atom. The predicted octanol–water partition coefficient (Wildman–Crippen LogP) is 1.15. The van der Waals surface area contributed by atoms with Crippen molar-refractivity contribution in [1.82, 2.24) is 23.5 Å². The molecular formula is C21H25N8O3S+. The summed E-state index contributed by atoms with van der Waals surface area (Å²) in [5.41, 5.74) is 7.91. The highest BCUT2D eigenvalue weighted by atomic mass is 32.2. The molecule has 0 bridgehead atoms. The molecule has 0 radical (unpaired) electrons. The van der Waals surface area contributed by atoms with Gasteiger partial charge in [-0.05, 0) is 24.0 Å². The molecule has 2 aromatic heterocycles. The first kappa shape index (κ1) is 22.6. The van der Waals surface area contributed by atoms with E-state index in [4.69, 9.17) is 16.2 Å². The molecule has 11 nitrogen and oxygen atoms in total. The lowest BCUT2D eigenvalue weighted by atomic mass is 9.63. The van der Waals surface area contributed by atoms with E-state index in [-0.39, 0.29) is 23.2 Å². The molecule has 0 unspecified atom stereocenters. The summed E-state index contributed by atoms with van der Waals surface area (Å²) >= 11 is 0. The van der Waals surface area contributed by atoms with E-state index in [0.29, 0.717) is 0 Å². The van der Waals surface area contributed by atoms with Crippen molar-refractivity contribution < 1.29 is 13.5 Å². The van der Waals surface area contributed by atoms with Gasteiger partial charge in [0.05, 0.1) is 17.8 Å². The van der Waals surface area contributed by atoms with Gasteiger partial charge in [-0.25, -0.2) is 9.97 Å². The zero-order valence-electron chi connectivity index (χ0n) is 18.2. The summed E-state index contributed by atoms with van der Waals surface area (Å²) in [5.74, 6) is 0.0822. The Morgan fingerprint density at radius 2 is 1.79 bits per heavy atom. The topological polar surface area (TPSA) is 166 Å². The number of aromatic nitrogens is 4. The number of nitrogen functional groups attached to an aromatic ring is 1. The number of hydrogen-bond acceptors (Lipinski definition) is 7. The molecule has 4 rings (SSSR count). The summed E-state index contributed by atoms with van der Waals surface area (Å²) in [4.78, 5) is 12.3. The van der Waals surface area contributed by atoms with Crippen LogP contribution in [0.2, 0.25) is 0 Å². The second-order valence-electron chi connectivity index (χ2n) is 8.04. The van der Waals surface area contributed by atoms with Crippen molar-refractivity contribution >= 4 is 27.9 Å². The standard InChI is InChI=1S/C21H24N8O3S/c1-28(2)33(31,32)29-13-16(12-26-29)18(30)27-19(22)21(8-3-9-21)17-6-4-14(5-7-17)15-10-24-20(23)25-11-15/h4-7,10-13H,3,8-9H2,1-2H3,(H2,22,27,30)(H2,23,24,25)/p+1. The van der Waals surface area contributed by atoms with Gasteiger partial charge in [0.1, 0.15) is 11.4 Å². The predicted molar refractivity (Wildman–Crippen MR) is 126 cm³/mol. The Labute approximate surface area is 191 Å². The van der Waals surface area contributed by atoms with Gasteiger partial charge in [0, 0.05) is 32.1 Å². The van der Waals surface area contributed by atoms with Gasteiger partial charge in [-0.3, -0.25) is 5.41 Å². The molecule has 1 aromatic carbocycles. The summed E-state index contributed by atoms with van der Waals surface area (Å²) in [6, 6.07) is 7.80. The van der Waals surface area contributed by atoms with E-state index < -0.39 is 15.6 Å². The number of anilines is 1. The quantitative estimate of drug-likeness (QED) is 0.312. The first-order valence-corrected chi connectivity index (χ1v) is 11.6. The molecule has 3 aromatic rings. The second kappa shape index (κ2) is 8.37. The molecule has 0 spiro atoms. The molecule has 0 saturated heterocycles. The van der Waals surface area contributed by atoms with Gasteiger partial charge in [-0.1, -0.05) is 30.7 Å². The number of aliphatic imine (C=N–C) groups is 1. The van der Waals surface area contributed by atoms with Gasteiger partial charge in [0.25, 0.3) is 0 Å². The Hall–Kier alpha value is -3.64. The minimum Gasteiger partial charge on any atom is -0.578 e. The average molecular weight is 470 g/mol. The minimum absolute atomic E-state index is 0.0746. The lowest BCUT2D eigenvalue weighted by Gasteiger charge is -2.41. The van der Waals surface area contributed by atoms with Crippen LogP contribution in [0.3, 0.4) is 0 Å². The molecule has 33 heavy (non-hydrogen) atoms. The van der Waals surface area contributed by atoms with Crippen LogP contribution in [0.15, 0.2) is 54.0 Å². The zero-order valence-corrected chi connectivity index (χ0v) is 19.0. The summed E-state index contributed by atoms with van der Waals surface area (Å²) in [6.45, 7) is 0. The van der Waals surface area contributed by atoms with E-state index in [2.05, 4.69) is 20.1 Å². The van der Waals surface area contributed by atoms with Crippen LogP contribution in [0.1, 0.15) is 30.4 Å². The summed E-state index contributed by atoms with van der Waals surface area (Å²) < 4.78 is 26.2. The van der Waals surface area contributed by atoms with Crippen molar-refractivity contribution in [2.24, 2.45) is 4.99 Å². The van der Waals surface area contributed by atoms with Crippen LogP contribution in [-0.2, 0) is 15.6 Å². The van der Waals surface area contributed by atoms with E-state index in [1.54, 1.807) is 12.4 Å². The number of nitrogens with one attached hydrogen (secondary N) is 1. The fourth-order valence-electron chi connectivity index (χ4n) is 3.67. The number of hydrogen-bond donors (Lipinski definition) is 2. The van der Waals surface area contributed by atoms with Crippen molar-refractivity contribution in [2.45, 2.75) is 24.7 Å². The van der Waals surface area contributed by atoms with Crippen LogP contribution in [0.25, 0.3) is 11.1 Å². The van der Waals surface area contributed by atoms with Crippen molar-refractivity contribution in [3.8, 4) is 11.1 Å². The molecule has 1 saturated carbocycles. The third-order valence-electron chi connectivity index (χ3n) is 5.86. The maximum absolute atomic E-state index is 12.2. The third kappa shape index (κ3) is 4.10. The maximum Gasteiger partial charge on any atom is 0.369 e. The molecule has 0 aliphatic heterocycles. The van der Waals surface area contributed by atoms with Crippen LogP contribution in [0, 0.1) is 5.41 Å². The van der Waals surface area contributed by atoms with Gasteiger partial charge in [-0.15, -0.1) is 4.99 Å². The number of benzene rings is 1. The first-order chi connectivity index (χ1) is 15.6. The van der Waals surface area contributed by atoms with E-state index >= 15 is 0 Å². The molecule has 172 valence electrons. The van der Waals surface area contributed by atoms with Crippen LogP contribution in [-0.4, -0.2) is 62.8 Å². The number of rotatable bonds is 6. The molecular weight excluding hydrogens is 444 g/mol. The lowest BCUT2D eigenvalue weighted by Crippen LogP contribution is -2.41. The number of nitrogens with zero attached hydrogens (tertiary/aromatic N) is 6. The maximum atomic E-state index is 12.2. The largest absolute Gasteiger partial charge is 0.578 e. The monoisotopic (exact) mass is 469 g/mol. The molecule has 5 N–H and O–H groups in total. The fraction of sp³-hybridized carbons (Fsp3) is 0.286. The first-order valence-electron chi connectivity index (χ1n) is 10.2. The number of amidine groups is 1. The molecule has 0 atom stereocenters. The van der Waals surface area contributed by atoms with E-state index in [1.807, 2.05) is 24.3 Å². The van der Waals surface area contributed by atoms with Gasteiger partial charge in [0.15, 0.2) is 0 Å². The summed E-state index contributed by atoms with van der Waals surface area (Å²) in [6.07, 6.45) is 8.26. The SMILES string of the molecule is CN(C)S(=O)(=O)n1cc(C([OH2+])=NC(=N)C2(c3ccc(-c4cnc(N)nc4)cc3)CCC2)cn1. The van der Waals surface area contributed by atoms with Crippen molar-refractivity contribution in [1.29, 1.82) is 5.41 Å². The van der Waals surface area contributed by atoms with Gasteiger partial charge in [0.2, 0.25) is 5.95 Å². The fourth-order valence-corrected chi connectivity index (χ4v) is 4.41. The minimum atomic E-state index is -3.78. The second-order valence-corrected chi connectivity index (χ2v) is 10.0. The smallest absolute Gasteiger partial charge is 0.369 e. The van der Waals surface area contributed by atoms with E-state index in [1.165, 1.54) is 26.5 Å². The van der Waals surface area contributed by atoms with Gasteiger partial charge < -0.3 is 10.8 Å². The molecule has 0 amide bonds. The van der Waals surface area contributed by atoms with Gasteiger partial charge in [-0.2, -0.15) is 21.9 Å². The summed E-state index contributed by atoms with van der Waals surface area (Å²) in [5, 5.41) is 20.8. The molecule has 12 heteroatoms. The Bertz CT molecular complexity index is 1310. The van der Waals surface area contributed by atoms with Crippen molar-refractivity contribution in [3.05, 3.63) is 60.2 Å². The van der Waals surface area contributed by atoms with Crippen LogP contribution >= 0.6 is 0 Å². The number of nitrogens with two attached hydrogens (primary N) is 1. The molecule has 1 aliphatic rings. The highest BCUT2D eigenvalue weighted by Crippen LogP contribution is 2.45. The zero-order chi connectivity index (χ0) is 23.8. The Morgan fingerprint density at radius 3 is 2.33 bits per heavy atom. The normalized spacial score (nSPS) is 15.9. The molecule has 2 heterocycles. The highest BCUT2D eigenvalue weighted by Gasteiger charge is 2.43. The van der Waals surface area contributed by atoms with Crippen LogP contribution in [0.4, 0.5) is 5.95 Å². The lowest BCUT2D eigenvalue weighted by molar-refractivity contribution is 0.336. The van der Waals surface area contributed by atoms with Crippen LogP contribution < -0.4 is 5.73 Å². The van der Waals surface area contributed by atoms with Crippen LogP contribution in [0.5, 0.6) is 0 Å². The Kier molecular flexibility index (Phi) is 5.72. The van der Waals surface area contributed by atoms with Crippen molar-refractivity contribution in [2.75, 3.05) is 19.8 Å².